The minimum atomic E-state index is -3.23. The van der Waals surface area contributed by atoms with Gasteiger partial charge in [-0.1, -0.05) is 19.9 Å². The van der Waals surface area contributed by atoms with Crippen LogP contribution in [0.3, 0.4) is 0 Å². The van der Waals surface area contributed by atoms with E-state index in [-0.39, 0.29) is 17.5 Å². The normalized spacial score (nSPS) is 13.7. The lowest BCUT2D eigenvalue weighted by Crippen LogP contribution is -2.27. The second-order valence-electron chi connectivity index (χ2n) is 5.04. The van der Waals surface area contributed by atoms with E-state index in [0.29, 0.717) is 17.7 Å². The Bertz CT molecular complexity index is 525. The lowest BCUT2D eigenvalue weighted by atomic mass is 10.1. The number of rotatable bonds is 6. The fourth-order valence-corrected chi connectivity index (χ4v) is 2.47. The van der Waals surface area contributed by atoms with E-state index in [1.165, 1.54) is 12.1 Å². The molecule has 19 heavy (non-hydrogen) atoms. The van der Waals surface area contributed by atoms with E-state index in [0.717, 1.165) is 6.26 Å². The summed E-state index contributed by atoms with van der Waals surface area (Å²) < 4.78 is 22.5. The van der Waals surface area contributed by atoms with E-state index in [2.05, 4.69) is 5.32 Å². The molecule has 0 amide bonds. The number of benzene rings is 1. The molecule has 0 radical (unpaired) electrons. The molecule has 0 saturated carbocycles. The van der Waals surface area contributed by atoms with Gasteiger partial charge in [-0.15, -0.1) is 0 Å². The summed E-state index contributed by atoms with van der Waals surface area (Å²) in [6.07, 6.45) is 0.372. The fourth-order valence-electron chi connectivity index (χ4n) is 1.68. The first kappa shape index (κ1) is 15.9. The zero-order chi connectivity index (χ0) is 14.6. The second kappa shape index (κ2) is 6.36. The quantitative estimate of drug-likeness (QED) is 0.726. The number of hydrogen-bond donors (Lipinski definition) is 3. The van der Waals surface area contributed by atoms with Crippen LogP contribution in [0.15, 0.2) is 18.2 Å². The van der Waals surface area contributed by atoms with Gasteiger partial charge >= 0.3 is 0 Å². The summed E-state index contributed by atoms with van der Waals surface area (Å²) in [7, 11) is -3.23. The molecule has 0 aliphatic rings. The molecule has 0 spiro atoms. The summed E-state index contributed by atoms with van der Waals surface area (Å²) in [6, 6.07) is 4.79. The maximum absolute atomic E-state index is 11.3. The first-order valence-corrected chi connectivity index (χ1v) is 8.16. The summed E-state index contributed by atoms with van der Waals surface area (Å²) in [6.45, 7) is 4.32. The molecule has 1 aromatic rings. The minimum Gasteiger partial charge on any atom is -0.508 e. The lowest BCUT2D eigenvalue weighted by molar-refractivity contribution is 0.171. The Morgan fingerprint density at radius 2 is 1.95 bits per heavy atom. The summed E-state index contributed by atoms with van der Waals surface area (Å²) in [5.74, 6) is -0.310. The maximum atomic E-state index is 11.3. The van der Waals surface area contributed by atoms with Gasteiger partial charge in [0.15, 0.2) is 9.84 Å². The van der Waals surface area contributed by atoms with Crippen molar-refractivity contribution in [2.75, 3.05) is 12.8 Å². The molecule has 0 bridgehead atoms. The predicted molar refractivity (Wildman–Crippen MR) is 74.8 cm³/mol. The average Bonchev–Trinajstić information content (AvgIpc) is 2.27. The first-order valence-electron chi connectivity index (χ1n) is 6.10. The van der Waals surface area contributed by atoms with Crippen molar-refractivity contribution in [1.29, 1.82) is 0 Å². The number of hydrogen-bond acceptors (Lipinski definition) is 5. The topological polar surface area (TPSA) is 86.6 Å². The number of aliphatic hydroxyl groups excluding tert-OH is 1. The molecule has 0 heterocycles. The molecule has 0 fully saturated rings. The van der Waals surface area contributed by atoms with Gasteiger partial charge in [-0.25, -0.2) is 8.42 Å². The van der Waals surface area contributed by atoms with Gasteiger partial charge < -0.3 is 15.5 Å². The molecule has 0 aliphatic carbocycles. The maximum Gasteiger partial charge on any atom is 0.151 e. The smallest absolute Gasteiger partial charge is 0.151 e. The third-order valence-corrected chi connectivity index (χ3v) is 3.46. The third-order valence-electron chi connectivity index (χ3n) is 2.63. The highest BCUT2D eigenvalue weighted by Gasteiger charge is 2.14. The zero-order valence-corrected chi connectivity index (χ0v) is 12.2. The number of sulfone groups is 1. The molecule has 108 valence electrons. The number of nitrogens with one attached hydrogen (secondary N) is 1. The second-order valence-corrected chi connectivity index (χ2v) is 7.18. The summed E-state index contributed by atoms with van der Waals surface area (Å²) in [5.41, 5.74) is 0.896. The van der Waals surface area contributed by atoms with Crippen molar-refractivity contribution in [3.8, 4) is 5.75 Å². The van der Waals surface area contributed by atoms with Crippen LogP contribution in [-0.2, 0) is 15.6 Å². The Labute approximate surface area is 114 Å². The fraction of sp³-hybridized carbons (Fsp3) is 0.538. The van der Waals surface area contributed by atoms with Gasteiger partial charge in [-0.3, -0.25) is 0 Å². The van der Waals surface area contributed by atoms with Gasteiger partial charge in [-0.05, 0) is 17.7 Å². The molecule has 1 rings (SSSR count). The van der Waals surface area contributed by atoms with Gasteiger partial charge in [-0.2, -0.15) is 0 Å². The van der Waals surface area contributed by atoms with Gasteiger partial charge in [0.1, 0.15) is 5.75 Å². The van der Waals surface area contributed by atoms with Crippen LogP contribution < -0.4 is 5.32 Å². The summed E-state index contributed by atoms with van der Waals surface area (Å²) >= 11 is 0. The summed E-state index contributed by atoms with van der Waals surface area (Å²) in [4.78, 5) is 0. The van der Waals surface area contributed by atoms with Crippen molar-refractivity contribution < 1.29 is 18.6 Å². The van der Waals surface area contributed by atoms with Gasteiger partial charge in [0.2, 0.25) is 0 Å². The van der Waals surface area contributed by atoms with Crippen LogP contribution in [0.2, 0.25) is 0 Å². The molecule has 0 aromatic heterocycles. The molecule has 1 atom stereocenters. The number of phenols is 1. The van der Waals surface area contributed by atoms with Crippen LogP contribution in [0, 0.1) is 0 Å². The third kappa shape index (κ3) is 5.59. The van der Waals surface area contributed by atoms with Crippen LogP contribution in [0.5, 0.6) is 5.75 Å². The highest BCUT2D eigenvalue weighted by atomic mass is 32.2. The molecular weight excluding hydrogens is 266 g/mol. The SMILES string of the molecule is CC(C)NC[C@H](O)c1ccc(O)c(CS(C)(=O)=O)c1. The Morgan fingerprint density at radius 3 is 2.47 bits per heavy atom. The summed E-state index contributed by atoms with van der Waals surface area (Å²) in [5, 5.41) is 22.7. The molecule has 0 unspecified atom stereocenters. The van der Waals surface area contributed by atoms with Crippen molar-refractivity contribution in [3.63, 3.8) is 0 Å². The highest BCUT2D eigenvalue weighted by molar-refractivity contribution is 7.89. The van der Waals surface area contributed by atoms with E-state index in [9.17, 15) is 18.6 Å². The lowest BCUT2D eigenvalue weighted by Gasteiger charge is -2.15. The number of aromatic hydroxyl groups is 1. The minimum absolute atomic E-state index is 0.0711. The molecule has 0 aliphatic heterocycles. The van der Waals surface area contributed by atoms with Crippen molar-refractivity contribution in [1.82, 2.24) is 5.32 Å². The zero-order valence-electron chi connectivity index (χ0n) is 11.4. The molecule has 3 N–H and O–H groups in total. The van der Waals surface area contributed by atoms with E-state index < -0.39 is 15.9 Å². The Kier molecular flexibility index (Phi) is 5.34. The highest BCUT2D eigenvalue weighted by Crippen LogP contribution is 2.24. The van der Waals surface area contributed by atoms with E-state index in [1.54, 1.807) is 6.07 Å². The van der Waals surface area contributed by atoms with E-state index in [4.69, 9.17) is 0 Å². The molecule has 1 aromatic carbocycles. The molecule has 5 nitrogen and oxygen atoms in total. The molecule has 0 saturated heterocycles. The number of aliphatic hydroxyl groups is 1. The first-order chi connectivity index (χ1) is 8.69. The average molecular weight is 287 g/mol. The van der Waals surface area contributed by atoms with Gasteiger partial charge in [0.05, 0.1) is 11.9 Å². The Morgan fingerprint density at radius 1 is 1.32 bits per heavy atom. The predicted octanol–water partition coefficient (Wildman–Crippen LogP) is 0.968. The van der Waals surface area contributed by atoms with Crippen molar-refractivity contribution in [2.45, 2.75) is 31.7 Å². The van der Waals surface area contributed by atoms with E-state index >= 15 is 0 Å². The van der Waals surface area contributed by atoms with Crippen LogP contribution >= 0.6 is 0 Å². The molecule has 6 heteroatoms. The van der Waals surface area contributed by atoms with Crippen LogP contribution in [0.4, 0.5) is 0 Å². The number of phenolic OH excluding ortho intramolecular Hbond substituents is 1. The monoisotopic (exact) mass is 287 g/mol. The standard InChI is InChI=1S/C13H21NO4S/c1-9(2)14-7-13(16)10-4-5-12(15)11(6-10)8-19(3,17)18/h4-6,9,13-16H,7-8H2,1-3H3/t13-/m0/s1. The Hall–Kier alpha value is -1.11. The van der Waals surface area contributed by atoms with Crippen LogP contribution in [0.25, 0.3) is 0 Å². The van der Waals surface area contributed by atoms with Crippen molar-refractivity contribution in [3.05, 3.63) is 29.3 Å². The van der Waals surface area contributed by atoms with Gasteiger partial charge in [0.25, 0.3) is 0 Å². The van der Waals surface area contributed by atoms with Crippen molar-refractivity contribution >= 4 is 9.84 Å². The largest absolute Gasteiger partial charge is 0.508 e. The van der Waals surface area contributed by atoms with Crippen LogP contribution in [-0.4, -0.2) is 37.5 Å². The van der Waals surface area contributed by atoms with Crippen LogP contribution in [0.1, 0.15) is 31.1 Å². The van der Waals surface area contributed by atoms with Crippen molar-refractivity contribution in [2.24, 2.45) is 0 Å². The van der Waals surface area contributed by atoms with Gasteiger partial charge in [0, 0.05) is 24.4 Å². The molecular formula is C13H21NO4S. The van der Waals surface area contributed by atoms with E-state index in [1.807, 2.05) is 13.8 Å². The Balaban J connectivity index is 2.89.